The molecule has 0 bridgehead atoms. The maximum atomic E-state index is 12.9. The van der Waals surface area contributed by atoms with E-state index in [1.807, 2.05) is 0 Å². The van der Waals surface area contributed by atoms with Crippen molar-refractivity contribution in [1.82, 2.24) is 9.88 Å². The molecule has 0 saturated heterocycles. The summed E-state index contributed by atoms with van der Waals surface area (Å²) in [6, 6.07) is 5.98. The Morgan fingerprint density at radius 2 is 2.10 bits per heavy atom. The molecule has 5 nitrogen and oxygen atoms in total. The molecule has 1 heterocycles. The molecular formula is C15H17FN2O3. The predicted octanol–water partition coefficient (Wildman–Crippen LogP) is 2.48. The number of rotatable bonds is 6. The van der Waals surface area contributed by atoms with E-state index in [1.165, 1.54) is 12.1 Å². The van der Waals surface area contributed by atoms with Gasteiger partial charge in [0.25, 0.3) is 0 Å². The van der Waals surface area contributed by atoms with E-state index >= 15 is 0 Å². The second-order valence-electron chi connectivity index (χ2n) is 4.60. The summed E-state index contributed by atoms with van der Waals surface area (Å²) in [7, 11) is 1.78. The van der Waals surface area contributed by atoms with E-state index in [9.17, 15) is 9.18 Å². The van der Waals surface area contributed by atoms with Gasteiger partial charge in [0.05, 0.1) is 25.9 Å². The number of halogens is 1. The van der Waals surface area contributed by atoms with E-state index < -0.39 is 0 Å². The molecule has 2 aromatic rings. The van der Waals surface area contributed by atoms with Gasteiger partial charge in [0, 0.05) is 5.56 Å². The molecule has 0 unspecified atom stereocenters. The first-order valence-electron chi connectivity index (χ1n) is 6.63. The van der Waals surface area contributed by atoms with Gasteiger partial charge in [-0.15, -0.1) is 0 Å². The fourth-order valence-electron chi connectivity index (χ4n) is 1.84. The highest BCUT2D eigenvalue weighted by atomic mass is 19.1. The van der Waals surface area contributed by atoms with Crippen molar-refractivity contribution in [3.63, 3.8) is 0 Å². The van der Waals surface area contributed by atoms with Crippen LogP contribution < -0.4 is 0 Å². The molecule has 112 valence electrons. The van der Waals surface area contributed by atoms with Gasteiger partial charge in [-0.05, 0) is 38.2 Å². The average molecular weight is 292 g/mol. The van der Waals surface area contributed by atoms with Crippen LogP contribution in [0.5, 0.6) is 0 Å². The van der Waals surface area contributed by atoms with Crippen molar-refractivity contribution in [2.75, 3.05) is 20.2 Å². The Labute approximate surface area is 122 Å². The Bertz CT molecular complexity index is 595. The normalized spacial score (nSPS) is 10.9. The SMILES string of the molecule is CCOC(=O)CN(C)Cc1ncc(-c2ccc(F)cc2)o1. The highest BCUT2D eigenvalue weighted by molar-refractivity contribution is 5.71. The zero-order valence-electron chi connectivity index (χ0n) is 12.0. The summed E-state index contributed by atoms with van der Waals surface area (Å²) < 4.78 is 23.3. The van der Waals surface area contributed by atoms with E-state index in [4.69, 9.17) is 9.15 Å². The number of aromatic nitrogens is 1. The van der Waals surface area contributed by atoms with Crippen LogP contribution in [0.2, 0.25) is 0 Å². The van der Waals surface area contributed by atoms with Gasteiger partial charge in [-0.2, -0.15) is 0 Å². The van der Waals surface area contributed by atoms with Crippen molar-refractivity contribution >= 4 is 5.97 Å². The lowest BCUT2D eigenvalue weighted by molar-refractivity contribution is -0.144. The Hall–Kier alpha value is -2.21. The summed E-state index contributed by atoms with van der Waals surface area (Å²) in [5, 5.41) is 0. The fourth-order valence-corrected chi connectivity index (χ4v) is 1.84. The molecule has 0 saturated carbocycles. The van der Waals surface area contributed by atoms with Gasteiger partial charge in [-0.1, -0.05) is 0 Å². The Balaban J connectivity index is 1.96. The molecule has 6 heteroatoms. The summed E-state index contributed by atoms with van der Waals surface area (Å²) in [5.74, 6) is 0.466. The number of hydrogen-bond donors (Lipinski definition) is 0. The van der Waals surface area contributed by atoms with E-state index in [-0.39, 0.29) is 18.3 Å². The van der Waals surface area contributed by atoms with Crippen LogP contribution in [0.25, 0.3) is 11.3 Å². The van der Waals surface area contributed by atoms with Crippen molar-refractivity contribution in [3.8, 4) is 11.3 Å². The molecule has 0 aliphatic rings. The highest BCUT2D eigenvalue weighted by Crippen LogP contribution is 2.21. The lowest BCUT2D eigenvalue weighted by atomic mass is 10.2. The van der Waals surface area contributed by atoms with E-state index in [0.717, 1.165) is 5.56 Å². The lowest BCUT2D eigenvalue weighted by Gasteiger charge is -2.12. The van der Waals surface area contributed by atoms with Crippen LogP contribution in [0.1, 0.15) is 12.8 Å². The first kappa shape index (κ1) is 15.2. The number of carbonyl (C=O) groups is 1. The van der Waals surface area contributed by atoms with Crippen LogP contribution in [-0.4, -0.2) is 36.1 Å². The van der Waals surface area contributed by atoms with E-state index in [1.54, 1.807) is 37.2 Å². The van der Waals surface area contributed by atoms with Gasteiger partial charge in [0.15, 0.2) is 5.76 Å². The quantitative estimate of drug-likeness (QED) is 0.766. The van der Waals surface area contributed by atoms with Crippen LogP contribution in [0.15, 0.2) is 34.9 Å². The Kier molecular flexibility index (Phi) is 5.05. The molecule has 1 aromatic carbocycles. The number of carbonyl (C=O) groups excluding carboxylic acids is 1. The molecule has 0 atom stereocenters. The smallest absolute Gasteiger partial charge is 0.320 e. The Morgan fingerprint density at radius 1 is 1.38 bits per heavy atom. The zero-order valence-corrected chi connectivity index (χ0v) is 12.0. The second kappa shape index (κ2) is 6.99. The molecule has 21 heavy (non-hydrogen) atoms. The minimum atomic E-state index is -0.298. The van der Waals surface area contributed by atoms with Crippen LogP contribution >= 0.6 is 0 Å². The van der Waals surface area contributed by atoms with Gasteiger partial charge in [0.1, 0.15) is 5.82 Å². The third-order valence-electron chi connectivity index (χ3n) is 2.79. The molecular weight excluding hydrogens is 275 g/mol. The maximum absolute atomic E-state index is 12.9. The highest BCUT2D eigenvalue weighted by Gasteiger charge is 2.12. The average Bonchev–Trinajstić information content (AvgIpc) is 2.88. The summed E-state index contributed by atoms with van der Waals surface area (Å²) in [4.78, 5) is 17.3. The monoisotopic (exact) mass is 292 g/mol. The third kappa shape index (κ3) is 4.39. The van der Waals surface area contributed by atoms with Gasteiger partial charge >= 0.3 is 5.97 Å². The predicted molar refractivity (Wildman–Crippen MR) is 74.9 cm³/mol. The first-order chi connectivity index (χ1) is 10.1. The van der Waals surface area contributed by atoms with Crippen LogP contribution in [0.4, 0.5) is 4.39 Å². The summed E-state index contributed by atoms with van der Waals surface area (Å²) in [6.07, 6.45) is 1.58. The van der Waals surface area contributed by atoms with Crippen molar-refractivity contribution < 1.29 is 18.3 Å². The first-order valence-corrected chi connectivity index (χ1v) is 6.63. The number of esters is 1. The minimum absolute atomic E-state index is 0.169. The number of ether oxygens (including phenoxy) is 1. The van der Waals surface area contributed by atoms with Gasteiger partial charge in [-0.25, -0.2) is 9.37 Å². The molecule has 1 aromatic heterocycles. The molecule has 0 amide bonds. The van der Waals surface area contributed by atoms with Gasteiger partial charge in [-0.3, -0.25) is 9.69 Å². The number of nitrogens with zero attached hydrogens (tertiary/aromatic N) is 2. The van der Waals surface area contributed by atoms with Crippen molar-refractivity contribution in [3.05, 3.63) is 42.2 Å². The minimum Gasteiger partial charge on any atom is -0.465 e. The summed E-state index contributed by atoms with van der Waals surface area (Å²) >= 11 is 0. The molecule has 0 radical (unpaired) electrons. The lowest BCUT2D eigenvalue weighted by Crippen LogP contribution is -2.27. The molecule has 2 rings (SSSR count). The zero-order chi connectivity index (χ0) is 15.2. The maximum Gasteiger partial charge on any atom is 0.320 e. The number of benzene rings is 1. The van der Waals surface area contributed by atoms with Crippen LogP contribution in [0, 0.1) is 5.82 Å². The van der Waals surface area contributed by atoms with Gasteiger partial charge in [0.2, 0.25) is 5.89 Å². The topological polar surface area (TPSA) is 55.6 Å². The van der Waals surface area contributed by atoms with Crippen molar-refractivity contribution in [2.24, 2.45) is 0 Å². The fraction of sp³-hybridized carbons (Fsp3) is 0.333. The third-order valence-corrected chi connectivity index (χ3v) is 2.79. The largest absolute Gasteiger partial charge is 0.465 e. The molecule has 0 spiro atoms. The van der Waals surface area contributed by atoms with Gasteiger partial charge < -0.3 is 9.15 Å². The van der Waals surface area contributed by atoms with Crippen molar-refractivity contribution in [1.29, 1.82) is 0 Å². The number of likely N-dealkylation sites (N-methyl/N-ethyl adjacent to an activating group) is 1. The number of hydrogen-bond acceptors (Lipinski definition) is 5. The molecule has 0 aliphatic heterocycles. The molecule has 0 aliphatic carbocycles. The van der Waals surface area contributed by atoms with E-state index in [2.05, 4.69) is 4.98 Å². The van der Waals surface area contributed by atoms with E-state index in [0.29, 0.717) is 24.8 Å². The van der Waals surface area contributed by atoms with Crippen molar-refractivity contribution in [2.45, 2.75) is 13.5 Å². The Morgan fingerprint density at radius 3 is 2.76 bits per heavy atom. The van der Waals surface area contributed by atoms with Crippen LogP contribution in [0.3, 0.4) is 0 Å². The molecule has 0 fully saturated rings. The number of oxazole rings is 1. The molecule has 0 N–H and O–H groups in total. The standard InChI is InChI=1S/C15H17FN2O3/c1-3-20-15(19)10-18(2)9-14-17-8-13(21-14)11-4-6-12(16)7-5-11/h4-8H,3,9-10H2,1-2H3. The second-order valence-corrected chi connectivity index (χ2v) is 4.60. The van der Waals surface area contributed by atoms with Crippen LogP contribution in [-0.2, 0) is 16.1 Å². The summed E-state index contributed by atoms with van der Waals surface area (Å²) in [5.41, 5.74) is 0.753. The summed E-state index contributed by atoms with van der Waals surface area (Å²) in [6.45, 7) is 2.68.